The maximum absolute atomic E-state index is 11.8. The molecule has 1 atom stereocenters. The first-order chi connectivity index (χ1) is 11.6. The number of benzene rings is 1. The van der Waals surface area contributed by atoms with Crippen LogP contribution in [0.25, 0.3) is 0 Å². The minimum atomic E-state index is 0.130. The van der Waals surface area contributed by atoms with Gasteiger partial charge in [0, 0.05) is 46.0 Å². The van der Waals surface area contributed by atoms with Gasteiger partial charge in [0.25, 0.3) is 0 Å². The van der Waals surface area contributed by atoms with Crippen LogP contribution in [0.2, 0.25) is 0 Å². The number of carbonyl (C=O) groups is 1. The van der Waals surface area contributed by atoms with Crippen molar-refractivity contribution in [3.05, 3.63) is 48.0 Å². The van der Waals surface area contributed by atoms with Crippen LogP contribution in [-0.2, 0) is 18.4 Å². The lowest BCUT2D eigenvalue weighted by atomic mass is 10.0. The maximum Gasteiger partial charge on any atom is 0.219 e. The molecule has 1 aromatic heterocycles. The highest BCUT2D eigenvalue weighted by Crippen LogP contribution is 2.28. The molecule has 0 saturated carbocycles. The molecule has 0 aliphatic carbocycles. The summed E-state index contributed by atoms with van der Waals surface area (Å²) in [5.41, 5.74) is 1.19. The molecule has 3 rings (SSSR count). The van der Waals surface area contributed by atoms with Gasteiger partial charge in [-0.3, -0.25) is 9.69 Å². The van der Waals surface area contributed by atoms with Crippen molar-refractivity contribution >= 4 is 5.91 Å². The summed E-state index contributed by atoms with van der Waals surface area (Å²) < 4.78 is 7.30. The number of aryl methyl sites for hydroxylation is 1. The second-order valence-electron chi connectivity index (χ2n) is 6.18. The number of aromatic nitrogens is 2. The Morgan fingerprint density at radius 1 is 1.29 bits per heavy atom. The minimum Gasteiger partial charge on any atom is -0.497 e. The number of hydrogen-bond acceptors (Lipinski definition) is 4. The van der Waals surface area contributed by atoms with Crippen LogP contribution < -0.4 is 4.74 Å². The zero-order valence-electron chi connectivity index (χ0n) is 14.5. The molecule has 1 saturated heterocycles. The zero-order chi connectivity index (χ0) is 17.1. The van der Waals surface area contributed by atoms with Crippen LogP contribution in [0.5, 0.6) is 5.75 Å². The van der Waals surface area contributed by atoms with E-state index >= 15 is 0 Å². The highest BCUT2D eigenvalue weighted by molar-refractivity contribution is 5.73. The molecule has 2 heterocycles. The summed E-state index contributed by atoms with van der Waals surface area (Å²) in [5.74, 6) is 2.00. The summed E-state index contributed by atoms with van der Waals surface area (Å²) >= 11 is 0. The van der Waals surface area contributed by atoms with Gasteiger partial charge in [0.2, 0.25) is 5.91 Å². The average molecular weight is 328 g/mol. The van der Waals surface area contributed by atoms with Gasteiger partial charge in [0.1, 0.15) is 11.6 Å². The molecule has 128 valence electrons. The summed E-state index contributed by atoms with van der Waals surface area (Å²) in [4.78, 5) is 20.6. The fourth-order valence-electron chi connectivity index (χ4n) is 3.17. The lowest BCUT2D eigenvalue weighted by molar-refractivity contribution is -0.132. The number of amides is 1. The van der Waals surface area contributed by atoms with E-state index in [0.29, 0.717) is 6.54 Å². The highest BCUT2D eigenvalue weighted by atomic mass is 16.5. The molecule has 0 spiro atoms. The fourth-order valence-corrected chi connectivity index (χ4v) is 3.17. The first-order valence-corrected chi connectivity index (χ1v) is 8.18. The van der Waals surface area contributed by atoms with Crippen molar-refractivity contribution in [2.45, 2.75) is 19.5 Å². The van der Waals surface area contributed by atoms with E-state index in [9.17, 15) is 4.79 Å². The number of methoxy groups -OCH3 is 1. The minimum absolute atomic E-state index is 0.130. The second-order valence-corrected chi connectivity index (χ2v) is 6.18. The van der Waals surface area contributed by atoms with E-state index in [4.69, 9.17) is 4.74 Å². The summed E-state index contributed by atoms with van der Waals surface area (Å²) in [6.07, 6.45) is 3.78. The van der Waals surface area contributed by atoms with Crippen LogP contribution in [0.4, 0.5) is 0 Å². The van der Waals surface area contributed by atoms with E-state index < -0.39 is 0 Å². The predicted molar refractivity (Wildman–Crippen MR) is 91.6 cm³/mol. The number of imidazole rings is 1. The first-order valence-electron chi connectivity index (χ1n) is 8.18. The summed E-state index contributed by atoms with van der Waals surface area (Å²) in [5, 5.41) is 0. The Morgan fingerprint density at radius 3 is 2.62 bits per heavy atom. The zero-order valence-corrected chi connectivity index (χ0v) is 14.5. The molecular formula is C18H24N4O2. The van der Waals surface area contributed by atoms with E-state index in [-0.39, 0.29) is 11.9 Å². The van der Waals surface area contributed by atoms with Crippen molar-refractivity contribution in [1.29, 1.82) is 0 Å². The van der Waals surface area contributed by atoms with Gasteiger partial charge < -0.3 is 14.2 Å². The molecule has 1 fully saturated rings. The molecule has 24 heavy (non-hydrogen) atoms. The van der Waals surface area contributed by atoms with Crippen LogP contribution in [0, 0.1) is 0 Å². The van der Waals surface area contributed by atoms with Crippen molar-refractivity contribution in [1.82, 2.24) is 19.4 Å². The fraction of sp³-hybridized carbons (Fsp3) is 0.444. The Morgan fingerprint density at radius 2 is 2.04 bits per heavy atom. The van der Waals surface area contributed by atoms with Crippen LogP contribution in [-0.4, -0.2) is 52.0 Å². The molecule has 0 N–H and O–H groups in total. The van der Waals surface area contributed by atoms with Gasteiger partial charge in [-0.25, -0.2) is 4.98 Å². The first kappa shape index (κ1) is 16.5. The van der Waals surface area contributed by atoms with Gasteiger partial charge in [0.15, 0.2) is 0 Å². The van der Waals surface area contributed by atoms with Crippen molar-refractivity contribution in [2.24, 2.45) is 7.05 Å². The third kappa shape index (κ3) is 3.43. The van der Waals surface area contributed by atoms with Crippen molar-refractivity contribution in [2.75, 3.05) is 26.7 Å². The Kier molecular flexibility index (Phi) is 4.85. The molecule has 1 aliphatic rings. The lowest BCUT2D eigenvalue weighted by Gasteiger charge is -2.41. The molecule has 6 nitrogen and oxygen atoms in total. The van der Waals surface area contributed by atoms with Crippen LogP contribution in [0.15, 0.2) is 36.7 Å². The highest BCUT2D eigenvalue weighted by Gasteiger charge is 2.30. The maximum atomic E-state index is 11.8. The monoisotopic (exact) mass is 328 g/mol. The lowest BCUT2D eigenvalue weighted by Crippen LogP contribution is -2.49. The van der Waals surface area contributed by atoms with Gasteiger partial charge in [-0.2, -0.15) is 0 Å². The number of carbonyl (C=O) groups excluding carboxylic acids is 1. The molecule has 0 radical (unpaired) electrons. The van der Waals surface area contributed by atoms with Crippen LogP contribution in [0.1, 0.15) is 24.4 Å². The average Bonchev–Trinajstić information content (AvgIpc) is 3.00. The number of rotatable bonds is 4. The Balaban J connectivity index is 1.84. The molecule has 1 aromatic carbocycles. The van der Waals surface area contributed by atoms with E-state index in [1.165, 1.54) is 5.56 Å². The van der Waals surface area contributed by atoms with E-state index in [1.807, 2.05) is 41.0 Å². The Bertz CT molecular complexity index is 695. The van der Waals surface area contributed by atoms with E-state index in [2.05, 4.69) is 22.0 Å². The molecular weight excluding hydrogens is 304 g/mol. The third-order valence-electron chi connectivity index (χ3n) is 4.70. The SMILES string of the molecule is COc1ccc([C@@H]2CN(C(C)=O)CCN2Cc2nccn2C)cc1. The quantitative estimate of drug-likeness (QED) is 0.859. The number of ether oxygens (including phenoxy) is 1. The predicted octanol–water partition coefficient (Wildman–Crippen LogP) is 1.83. The van der Waals surface area contributed by atoms with Gasteiger partial charge in [-0.05, 0) is 17.7 Å². The molecule has 6 heteroatoms. The molecule has 1 amide bonds. The van der Waals surface area contributed by atoms with Gasteiger partial charge >= 0.3 is 0 Å². The van der Waals surface area contributed by atoms with Gasteiger partial charge in [0.05, 0.1) is 19.7 Å². The van der Waals surface area contributed by atoms with Crippen molar-refractivity contribution in [3.8, 4) is 5.75 Å². The summed E-state index contributed by atoms with van der Waals surface area (Å²) in [6.45, 7) is 4.70. The van der Waals surface area contributed by atoms with E-state index in [0.717, 1.165) is 31.2 Å². The number of piperazine rings is 1. The van der Waals surface area contributed by atoms with Crippen LogP contribution in [0.3, 0.4) is 0 Å². The summed E-state index contributed by atoms with van der Waals surface area (Å²) in [7, 11) is 3.68. The van der Waals surface area contributed by atoms with Crippen molar-refractivity contribution in [3.63, 3.8) is 0 Å². The van der Waals surface area contributed by atoms with Gasteiger partial charge in [-0.15, -0.1) is 0 Å². The Labute approximate surface area is 142 Å². The smallest absolute Gasteiger partial charge is 0.219 e. The van der Waals surface area contributed by atoms with Crippen LogP contribution >= 0.6 is 0 Å². The second kappa shape index (κ2) is 7.05. The van der Waals surface area contributed by atoms with E-state index in [1.54, 1.807) is 14.0 Å². The van der Waals surface area contributed by atoms with Crippen molar-refractivity contribution < 1.29 is 9.53 Å². The normalized spacial score (nSPS) is 18.6. The topological polar surface area (TPSA) is 50.6 Å². The summed E-state index contributed by atoms with van der Waals surface area (Å²) in [6, 6.07) is 8.27. The molecule has 0 unspecified atom stereocenters. The Hall–Kier alpha value is -2.34. The number of nitrogens with zero attached hydrogens (tertiary/aromatic N) is 4. The molecule has 0 bridgehead atoms. The standard InChI is InChI=1S/C18H24N4O2/c1-14(23)21-10-11-22(13-18-19-8-9-20(18)2)17(12-21)15-4-6-16(24-3)7-5-15/h4-9,17H,10-13H2,1-3H3/t17-/m0/s1. The van der Waals surface area contributed by atoms with Gasteiger partial charge in [-0.1, -0.05) is 12.1 Å². The largest absolute Gasteiger partial charge is 0.497 e. The molecule has 1 aliphatic heterocycles. The molecule has 2 aromatic rings. The number of hydrogen-bond donors (Lipinski definition) is 0. The third-order valence-corrected chi connectivity index (χ3v) is 4.70.